The van der Waals surface area contributed by atoms with E-state index in [4.69, 9.17) is 21.1 Å². The number of nitrogens with zero attached hydrogens (tertiary/aromatic N) is 3. The van der Waals surface area contributed by atoms with E-state index in [1.54, 1.807) is 39.0 Å². The van der Waals surface area contributed by atoms with Crippen molar-refractivity contribution in [2.45, 2.75) is 50.7 Å². The van der Waals surface area contributed by atoms with Crippen LogP contribution in [0.3, 0.4) is 0 Å². The van der Waals surface area contributed by atoms with Gasteiger partial charge in [-0.3, -0.25) is 4.79 Å². The Kier molecular flexibility index (Phi) is 8.41. The third-order valence-electron chi connectivity index (χ3n) is 7.97. The van der Waals surface area contributed by atoms with Crippen LogP contribution in [0, 0.1) is 0 Å². The van der Waals surface area contributed by atoms with E-state index in [1.165, 1.54) is 0 Å². The van der Waals surface area contributed by atoms with Crippen LogP contribution in [0.25, 0.3) is 5.57 Å². The predicted molar refractivity (Wildman–Crippen MR) is 161 cm³/mol. The second-order valence-corrected chi connectivity index (χ2v) is 12.0. The maximum absolute atomic E-state index is 12.8. The van der Waals surface area contributed by atoms with Gasteiger partial charge in [0.2, 0.25) is 5.88 Å². The molecule has 2 aromatic carbocycles. The molecule has 0 aliphatic carbocycles. The second kappa shape index (κ2) is 11.8. The summed E-state index contributed by atoms with van der Waals surface area (Å²) in [4.78, 5) is 21.3. The number of piperidine rings is 1. The highest BCUT2D eigenvalue weighted by Gasteiger charge is 2.35. The van der Waals surface area contributed by atoms with E-state index in [9.17, 15) is 9.90 Å². The molecule has 0 saturated carbocycles. The number of ether oxygens (including phenoxy) is 2. The van der Waals surface area contributed by atoms with Crippen LogP contribution >= 0.6 is 11.6 Å². The molecule has 7 nitrogen and oxygen atoms in total. The van der Waals surface area contributed by atoms with E-state index in [1.807, 2.05) is 54.6 Å². The Hall–Kier alpha value is -3.39. The molecule has 2 aliphatic heterocycles. The maximum atomic E-state index is 12.8. The van der Waals surface area contributed by atoms with Gasteiger partial charge in [-0.2, -0.15) is 0 Å². The lowest BCUT2D eigenvalue weighted by Gasteiger charge is -2.38. The van der Waals surface area contributed by atoms with Crippen molar-refractivity contribution in [2.75, 3.05) is 33.7 Å². The Bertz CT molecular complexity index is 1430. The Balaban J connectivity index is 1.32. The number of halogens is 1. The Morgan fingerprint density at radius 1 is 1.15 bits per heavy atom. The average Bonchev–Trinajstić information content (AvgIpc) is 3.11. The molecule has 0 atom stereocenters. The zero-order valence-corrected chi connectivity index (χ0v) is 24.9. The molecule has 5 rings (SSSR count). The van der Waals surface area contributed by atoms with Crippen LogP contribution < -0.4 is 9.47 Å². The SMILES string of the molecule is CN(C)C(=O)C(C)(C)Oc1cccc2c1C/C(=C/CCN1CCC(O)(c3ccc(Cl)cc3)CC1)c1cccnc1O2. The molecule has 1 N–H and O–H groups in total. The van der Waals surface area contributed by atoms with E-state index in [-0.39, 0.29) is 5.91 Å². The fourth-order valence-electron chi connectivity index (χ4n) is 5.67. The standard InChI is InChI=1S/C33H38ClN3O4/c1-32(2,31(38)36(3)4)41-29-11-5-10-28-27(29)22-23(26-9-6-18-35-30(26)40-28)8-7-19-37-20-16-33(39,17-21-37)24-12-14-25(34)15-13-24/h5-6,8-15,18,39H,7,16-17,19-22H2,1-4H3/b23-8-. The van der Waals surface area contributed by atoms with Crippen molar-refractivity contribution in [3.05, 3.63) is 88.6 Å². The van der Waals surface area contributed by atoms with Gasteiger partial charge in [0.05, 0.1) is 5.60 Å². The summed E-state index contributed by atoms with van der Waals surface area (Å²) < 4.78 is 12.6. The van der Waals surface area contributed by atoms with Gasteiger partial charge < -0.3 is 24.4 Å². The van der Waals surface area contributed by atoms with Gasteiger partial charge in [0.15, 0.2) is 5.60 Å². The maximum Gasteiger partial charge on any atom is 0.265 e. The summed E-state index contributed by atoms with van der Waals surface area (Å²) in [7, 11) is 3.46. The molecule has 0 radical (unpaired) electrons. The summed E-state index contributed by atoms with van der Waals surface area (Å²) in [5.41, 5.74) is 2.02. The lowest BCUT2D eigenvalue weighted by Crippen LogP contribution is -2.46. The van der Waals surface area contributed by atoms with Crippen molar-refractivity contribution >= 4 is 23.1 Å². The molecular formula is C33H38ClN3O4. The number of likely N-dealkylation sites (tertiary alicyclic amines) is 1. The number of aliphatic hydroxyl groups is 1. The number of benzene rings is 2. The van der Waals surface area contributed by atoms with Crippen molar-refractivity contribution in [3.63, 3.8) is 0 Å². The van der Waals surface area contributed by atoms with Crippen LogP contribution in [0.4, 0.5) is 0 Å². The summed E-state index contributed by atoms with van der Waals surface area (Å²) in [6, 6.07) is 17.2. The molecule has 0 spiro atoms. The molecule has 1 amide bonds. The molecule has 1 aromatic heterocycles. The third kappa shape index (κ3) is 6.43. The first-order valence-corrected chi connectivity index (χ1v) is 14.5. The molecule has 1 fully saturated rings. The van der Waals surface area contributed by atoms with Crippen LogP contribution in [0.5, 0.6) is 17.4 Å². The van der Waals surface area contributed by atoms with Crippen molar-refractivity contribution < 1.29 is 19.4 Å². The zero-order valence-electron chi connectivity index (χ0n) is 24.2. The number of aromatic nitrogens is 1. The molecule has 3 aromatic rings. The molecule has 1 saturated heterocycles. The summed E-state index contributed by atoms with van der Waals surface area (Å²) in [6.45, 7) is 6.09. The van der Waals surface area contributed by atoms with E-state index in [0.29, 0.717) is 41.7 Å². The van der Waals surface area contributed by atoms with Crippen LogP contribution in [0.15, 0.2) is 66.9 Å². The summed E-state index contributed by atoms with van der Waals surface area (Å²) in [6.07, 6.45) is 6.78. The van der Waals surface area contributed by atoms with Gasteiger partial charge in [-0.1, -0.05) is 35.9 Å². The third-order valence-corrected chi connectivity index (χ3v) is 8.22. The fourth-order valence-corrected chi connectivity index (χ4v) is 5.80. The van der Waals surface area contributed by atoms with E-state index in [0.717, 1.165) is 48.3 Å². The smallest absolute Gasteiger partial charge is 0.265 e. The number of likely N-dealkylation sites (N-methyl/N-ethyl adjacent to an activating group) is 1. The van der Waals surface area contributed by atoms with Gasteiger partial charge in [-0.15, -0.1) is 0 Å². The Labute approximate surface area is 247 Å². The van der Waals surface area contributed by atoms with Gasteiger partial charge in [0.25, 0.3) is 5.91 Å². The summed E-state index contributed by atoms with van der Waals surface area (Å²) >= 11 is 6.04. The van der Waals surface area contributed by atoms with E-state index in [2.05, 4.69) is 16.0 Å². The van der Waals surface area contributed by atoms with E-state index < -0.39 is 11.2 Å². The van der Waals surface area contributed by atoms with Gasteiger partial charge in [-0.05, 0) is 80.6 Å². The summed E-state index contributed by atoms with van der Waals surface area (Å²) in [5, 5.41) is 11.9. The number of fused-ring (bicyclic) bond motifs is 2. The minimum atomic E-state index is -1.04. The minimum Gasteiger partial charge on any atom is -0.478 e. The lowest BCUT2D eigenvalue weighted by atomic mass is 9.84. The number of hydrogen-bond donors (Lipinski definition) is 1. The largest absolute Gasteiger partial charge is 0.478 e. The van der Waals surface area contributed by atoms with Crippen molar-refractivity contribution in [1.82, 2.24) is 14.8 Å². The second-order valence-electron chi connectivity index (χ2n) is 11.6. The molecule has 3 heterocycles. The van der Waals surface area contributed by atoms with Crippen LogP contribution in [0.1, 0.15) is 49.8 Å². The molecule has 2 aliphatic rings. The highest BCUT2D eigenvalue weighted by atomic mass is 35.5. The van der Waals surface area contributed by atoms with Gasteiger partial charge in [0.1, 0.15) is 11.5 Å². The highest BCUT2D eigenvalue weighted by molar-refractivity contribution is 6.30. The monoisotopic (exact) mass is 575 g/mol. The van der Waals surface area contributed by atoms with Crippen molar-refractivity contribution in [1.29, 1.82) is 0 Å². The molecule has 8 heteroatoms. The first-order valence-electron chi connectivity index (χ1n) is 14.1. The fraction of sp³-hybridized carbons (Fsp3) is 0.394. The molecule has 41 heavy (non-hydrogen) atoms. The van der Waals surface area contributed by atoms with Crippen molar-refractivity contribution in [3.8, 4) is 17.4 Å². The zero-order chi connectivity index (χ0) is 29.2. The number of hydrogen-bond acceptors (Lipinski definition) is 6. The van der Waals surface area contributed by atoms with Crippen LogP contribution in [0.2, 0.25) is 5.02 Å². The Morgan fingerprint density at radius 2 is 1.88 bits per heavy atom. The molecule has 216 valence electrons. The number of carbonyl (C=O) groups excluding carboxylic acids is 1. The van der Waals surface area contributed by atoms with Gasteiger partial charge in [-0.25, -0.2) is 4.98 Å². The number of amides is 1. The normalized spacial score (nSPS) is 17.7. The molecule has 0 bridgehead atoms. The average molecular weight is 576 g/mol. The minimum absolute atomic E-state index is 0.116. The number of pyridine rings is 1. The first kappa shape index (κ1) is 29.1. The van der Waals surface area contributed by atoms with E-state index >= 15 is 0 Å². The van der Waals surface area contributed by atoms with Gasteiger partial charge in [0, 0.05) is 62.5 Å². The number of carbonyl (C=O) groups is 1. The number of allylic oxidation sites excluding steroid dienone is 1. The molecule has 0 unspecified atom stereocenters. The van der Waals surface area contributed by atoms with Crippen LogP contribution in [-0.2, 0) is 16.8 Å². The van der Waals surface area contributed by atoms with Gasteiger partial charge >= 0.3 is 0 Å². The predicted octanol–water partition coefficient (Wildman–Crippen LogP) is 6.09. The lowest BCUT2D eigenvalue weighted by molar-refractivity contribution is -0.142. The van der Waals surface area contributed by atoms with Crippen LogP contribution in [-0.4, -0.2) is 65.1 Å². The molecular weight excluding hydrogens is 538 g/mol. The quantitative estimate of drug-likeness (QED) is 0.368. The Morgan fingerprint density at radius 3 is 2.59 bits per heavy atom. The summed E-state index contributed by atoms with van der Waals surface area (Å²) in [5.74, 6) is 1.74. The highest BCUT2D eigenvalue weighted by Crippen LogP contribution is 2.42. The van der Waals surface area contributed by atoms with Crippen molar-refractivity contribution in [2.24, 2.45) is 0 Å². The number of rotatable bonds is 7. The first-order chi connectivity index (χ1) is 19.6. The topological polar surface area (TPSA) is 75.1 Å².